The van der Waals surface area contributed by atoms with Gasteiger partial charge in [-0.25, -0.2) is 0 Å². The van der Waals surface area contributed by atoms with Gasteiger partial charge >= 0.3 is 23.9 Å². The van der Waals surface area contributed by atoms with Crippen LogP contribution in [0.25, 0.3) is 0 Å². The first-order valence-electron chi connectivity index (χ1n) is 39.6. The van der Waals surface area contributed by atoms with Crippen LogP contribution < -0.4 is 53.2 Å². The molecule has 1 aliphatic rings. The molecule has 652 valence electrons. The molecule has 1 aliphatic heterocycles. The smallest absolute Gasteiger partial charge is 0.303 e. The highest BCUT2D eigenvalue weighted by Crippen LogP contribution is 2.26. The molecule has 0 aromatic heterocycles. The van der Waals surface area contributed by atoms with Crippen molar-refractivity contribution in [3.05, 3.63) is 119 Å². The van der Waals surface area contributed by atoms with Gasteiger partial charge in [-0.2, -0.15) is 0 Å². The van der Waals surface area contributed by atoms with Crippen LogP contribution in [0.2, 0.25) is 0 Å². The summed E-state index contributed by atoms with van der Waals surface area (Å²) >= 11 is 1.06. The highest BCUT2D eigenvalue weighted by atomic mass is 32.2. The minimum absolute atomic E-state index is 0.0261. The van der Waals surface area contributed by atoms with Gasteiger partial charge in [0.1, 0.15) is 65.0 Å². The first kappa shape index (κ1) is 98.1. The molecule has 0 radical (unpaired) electrons. The second-order valence-corrected chi connectivity index (χ2v) is 30.1. The second kappa shape index (κ2) is 52.3. The van der Waals surface area contributed by atoms with Gasteiger partial charge in [0.25, 0.3) is 0 Å². The summed E-state index contributed by atoms with van der Waals surface area (Å²) in [7, 11) is 0. The van der Waals surface area contributed by atoms with E-state index in [9.17, 15) is 122 Å². The van der Waals surface area contributed by atoms with Crippen LogP contribution >= 0.6 is 11.8 Å². The second-order valence-electron chi connectivity index (χ2n) is 28.7. The number of hydrogen-bond donors (Lipinski definition) is 18. The summed E-state index contributed by atoms with van der Waals surface area (Å²) in [5, 5.41) is 102. The van der Waals surface area contributed by atoms with Crippen molar-refractivity contribution in [2.45, 2.75) is 221 Å². The zero-order chi connectivity index (χ0) is 88.2. The van der Waals surface area contributed by atoms with E-state index in [-0.39, 0.29) is 176 Å². The third-order valence-electron chi connectivity index (χ3n) is 19.1. The molecule has 0 bridgehead atoms. The van der Waals surface area contributed by atoms with Crippen molar-refractivity contribution in [2.75, 3.05) is 31.9 Å². The molecule has 0 spiro atoms. The van der Waals surface area contributed by atoms with Crippen LogP contribution in [0.3, 0.4) is 0 Å². The van der Waals surface area contributed by atoms with Crippen LogP contribution in [-0.4, -0.2) is 232 Å². The highest BCUT2D eigenvalue weighted by molar-refractivity contribution is 8.00. The van der Waals surface area contributed by atoms with E-state index < -0.39 is 199 Å². The largest absolute Gasteiger partial charge is 0.508 e. The molecule has 12 amide bonds. The number of imide groups is 1. The lowest BCUT2D eigenvalue weighted by molar-refractivity contribution is -0.140. The topological polar surface area (TPSA) is 593 Å². The predicted molar refractivity (Wildman–Crippen MR) is 431 cm³/mol. The molecule has 8 atom stereocenters. The number of amides is 12. The number of aliphatic carboxylic acids is 4. The van der Waals surface area contributed by atoms with E-state index >= 15 is 4.79 Å². The number of phenolic OH excluding ortho intramolecular Hbond substituents is 4. The Labute approximate surface area is 695 Å². The maximum Gasteiger partial charge on any atom is 0.303 e. The summed E-state index contributed by atoms with van der Waals surface area (Å²) in [5.41, 5.74) is 1.89. The Balaban J connectivity index is 1.42. The molecular weight excluding hydrogens is 1590 g/mol. The van der Waals surface area contributed by atoms with Crippen molar-refractivity contribution in [1.29, 1.82) is 0 Å². The van der Waals surface area contributed by atoms with E-state index in [1.54, 1.807) is 6.92 Å². The van der Waals surface area contributed by atoms with Crippen molar-refractivity contribution in [1.82, 2.24) is 58.1 Å². The number of phenols is 4. The van der Waals surface area contributed by atoms with Gasteiger partial charge in [0.05, 0.1) is 37.0 Å². The maximum atomic E-state index is 15.0. The molecule has 1 fully saturated rings. The lowest BCUT2D eigenvalue weighted by Crippen LogP contribution is -2.57. The van der Waals surface area contributed by atoms with Gasteiger partial charge in [-0.3, -0.25) is 91.2 Å². The van der Waals surface area contributed by atoms with E-state index in [0.29, 0.717) is 22.3 Å². The third-order valence-corrected chi connectivity index (χ3v) is 20.3. The van der Waals surface area contributed by atoms with Gasteiger partial charge in [0.15, 0.2) is 5.78 Å². The van der Waals surface area contributed by atoms with Crippen molar-refractivity contribution >= 4 is 118 Å². The number of nitrogens with one attached hydrogen (secondary N) is 10. The Hall–Kier alpha value is -12.5. The maximum absolute atomic E-state index is 15.0. The number of Topliss-reactive ketones (excluding diaryl/α,β-unsaturated/α-hetero) is 2. The Morgan fingerprint density at radius 3 is 1.02 bits per heavy atom. The number of carbonyl (C=O) groups is 18. The van der Waals surface area contributed by atoms with Gasteiger partial charge in [0.2, 0.25) is 70.9 Å². The molecule has 18 N–H and O–H groups in total. The third kappa shape index (κ3) is 38.3. The lowest BCUT2D eigenvalue weighted by atomic mass is 9.98. The normalized spacial score (nSPS) is 14.0. The number of aromatic hydroxyl groups is 4. The van der Waals surface area contributed by atoms with Gasteiger partial charge < -0.3 is 94.0 Å². The first-order valence-corrected chi connectivity index (χ1v) is 40.6. The van der Waals surface area contributed by atoms with Crippen molar-refractivity contribution in [2.24, 2.45) is 0 Å². The fourth-order valence-electron chi connectivity index (χ4n) is 12.5. The predicted octanol–water partition coefficient (Wildman–Crippen LogP) is 2.07. The average molecular weight is 1690 g/mol. The number of carbonyl (C=O) groups excluding carboxylic acids is 14. The number of nitrogens with zero attached hydrogens (tertiary/aromatic N) is 1. The quantitative estimate of drug-likeness (QED) is 0.0222. The van der Waals surface area contributed by atoms with E-state index in [2.05, 4.69) is 53.2 Å². The lowest BCUT2D eigenvalue weighted by Gasteiger charge is -2.26. The number of hydrogen-bond acceptors (Lipinski definition) is 23. The number of thioether (sulfide) groups is 1. The molecule has 0 saturated carbocycles. The summed E-state index contributed by atoms with van der Waals surface area (Å²) in [6, 6.07) is 13.1. The Bertz CT molecular complexity index is 4190. The summed E-state index contributed by atoms with van der Waals surface area (Å²) in [6.07, 6.45) is -4.81. The van der Waals surface area contributed by atoms with Crippen LogP contribution in [-0.2, 0) is 112 Å². The summed E-state index contributed by atoms with van der Waals surface area (Å²) in [5.74, 6) is -15.2. The van der Waals surface area contributed by atoms with Crippen LogP contribution in [0.4, 0.5) is 0 Å². The number of ketones is 2. The van der Waals surface area contributed by atoms with E-state index in [1.807, 2.05) is 0 Å². The van der Waals surface area contributed by atoms with Gasteiger partial charge in [-0.05, 0) is 122 Å². The average Bonchev–Trinajstić information content (AvgIpc) is 1.51. The molecular formula is C82H107N11O26S. The molecule has 1 saturated heterocycles. The summed E-state index contributed by atoms with van der Waals surface area (Å²) in [6.45, 7) is 1.26. The highest BCUT2D eigenvalue weighted by Gasteiger charge is 2.39. The molecule has 0 aliphatic carbocycles. The molecule has 120 heavy (non-hydrogen) atoms. The van der Waals surface area contributed by atoms with Crippen molar-refractivity contribution < 1.29 is 127 Å². The van der Waals surface area contributed by atoms with Crippen LogP contribution in [0.1, 0.15) is 170 Å². The SMILES string of the molecule is CCC(=O)CCN1C(=O)CC(SCCNC(=O)[C@H](CCCCCC(=O)[C@H](CCCCNC(=O)[C@H](Cc2ccc(O)cc2)NC(=O)CCC(=O)O)NC(=O)[C@H](Cc2ccc(O)cc2)NC(=O)CCC(=O)O)NC(=O)[C@H](CCCCNC(=O)[C@H](Cc2ccc(O)cc2)NC(=O)CCC(=O)O)NC(=O)[C@H](Cc2ccc(O)cc2)NC(=O)CCC(=O)O)C1=O. The minimum Gasteiger partial charge on any atom is -0.508 e. The standard InChI is InChI=1S/C82H107N11O26S/c1-2-53(94)38-42-93-71(104)48-66(82(93)119)120-43-41-85-76(113)59(91-79(116)60(92-81(118)64(89-70(103)33-37-75(111)112)47-52-20-28-57(98)29-21-52)12-7-9-40-84-78(115)62(87-68(101)31-35-73(107)108)45-50-16-24-55(96)25-17-50)11-4-3-5-13-65(99)58(90-80(117)63(88-69(102)32-36-74(109)110)46-51-18-26-56(97)27-19-51)10-6-8-39-83-77(114)61(86-67(100)30-34-72(105)106)44-49-14-22-54(95)23-15-49/h14-29,58-64,66,95-98H,2-13,30-48H2,1H3,(H,83,114)(H,84,115)(H,85,113)(H,86,100)(H,87,101)(H,88,102)(H,89,103)(H,90,117)(H,91,116)(H,92,118)(H,105,106)(H,107,108)(H,109,110)(H,111,112)/t58-,59-,60-,61-,62-,63-,64-,66?/m0/s1. The van der Waals surface area contributed by atoms with Gasteiger partial charge in [-0.15, -0.1) is 11.8 Å². The van der Waals surface area contributed by atoms with Crippen LogP contribution in [0.15, 0.2) is 97.1 Å². The summed E-state index contributed by atoms with van der Waals surface area (Å²) in [4.78, 5) is 238. The number of carboxylic acid groups (broad SMARTS) is 4. The minimum atomic E-state index is -1.56. The van der Waals surface area contributed by atoms with Crippen LogP contribution in [0, 0.1) is 0 Å². The molecule has 1 heterocycles. The Morgan fingerprint density at radius 1 is 0.358 bits per heavy atom. The van der Waals surface area contributed by atoms with Crippen molar-refractivity contribution in [3.8, 4) is 23.0 Å². The molecule has 37 nitrogen and oxygen atoms in total. The number of likely N-dealkylation sites (tertiary alicyclic amines) is 1. The molecule has 1 unspecified atom stereocenters. The molecule has 4 aromatic carbocycles. The molecule has 4 aromatic rings. The van der Waals surface area contributed by atoms with E-state index in [4.69, 9.17) is 0 Å². The molecule has 5 rings (SSSR count). The monoisotopic (exact) mass is 1690 g/mol. The Kier molecular flexibility index (Phi) is 42.8. The molecule has 38 heteroatoms. The number of carboxylic acids is 4. The van der Waals surface area contributed by atoms with Gasteiger partial charge in [-0.1, -0.05) is 68.3 Å². The number of benzene rings is 4. The van der Waals surface area contributed by atoms with Crippen LogP contribution in [0.5, 0.6) is 23.0 Å². The zero-order valence-corrected chi connectivity index (χ0v) is 67.4. The van der Waals surface area contributed by atoms with E-state index in [1.165, 1.54) is 97.1 Å². The van der Waals surface area contributed by atoms with Crippen molar-refractivity contribution in [3.63, 3.8) is 0 Å². The van der Waals surface area contributed by atoms with E-state index in [0.717, 1.165) is 16.7 Å². The zero-order valence-electron chi connectivity index (χ0n) is 66.6. The number of unbranched alkanes of at least 4 members (excludes halogenated alkanes) is 4. The number of rotatable bonds is 58. The summed E-state index contributed by atoms with van der Waals surface area (Å²) < 4.78 is 0. The fourth-order valence-corrected chi connectivity index (χ4v) is 13.5. The van der Waals surface area contributed by atoms with Gasteiger partial charge in [0, 0.05) is 109 Å². The fraction of sp³-hybridized carbons (Fsp3) is 0.488. The Morgan fingerprint density at radius 2 is 0.667 bits per heavy atom. The first-order chi connectivity index (χ1) is 57.1.